The van der Waals surface area contributed by atoms with Gasteiger partial charge in [0.25, 0.3) is 0 Å². The molecule has 1 unspecified atom stereocenters. The molecule has 0 spiro atoms. The molecule has 5 heteroatoms. The van der Waals surface area contributed by atoms with Crippen LogP contribution in [0.5, 0.6) is 0 Å². The summed E-state index contributed by atoms with van der Waals surface area (Å²) in [6, 6.07) is 3.95. The molecular formula is C15H22N2O2S. The first-order valence-electron chi connectivity index (χ1n) is 6.91. The van der Waals surface area contributed by atoms with Crippen LogP contribution >= 0.6 is 11.8 Å². The second kappa shape index (κ2) is 7.55. The van der Waals surface area contributed by atoms with E-state index in [1.54, 1.807) is 18.4 Å². The van der Waals surface area contributed by atoms with E-state index in [9.17, 15) is 4.79 Å². The first-order chi connectivity index (χ1) is 9.66. The largest absolute Gasteiger partial charge is 0.465 e. The molecule has 0 saturated carbocycles. The Bertz CT molecular complexity index is 443. The number of likely N-dealkylation sites (N-methyl/N-ethyl adjacent to an activating group) is 1. The second-order valence-corrected chi connectivity index (χ2v) is 6.37. The third kappa shape index (κ3) is 4.42. The van der Waals surface area contributed by atoms with Gasteiger partial charge in [0.2, 0.25) is 5.91 Å². The minimum Gasteiger partial charge on any atom is -0.465 e. The smallest absolute Gasteiger partial charge is 0.247 e. The van der Waals surface area contributed by atoms with Crippen LogP contribution in [0.3, 0.4) is 0 Å². The average Bonchev–Trinajstić information content (AvgIpc) is 2.82. The molecule has 2 rings (SSSR count). The summed E-state index contributed by atoms with van der Waals surface area (Å²) < 4.78 is 5.22. The lowest BCUT2D eigenvalue weighted by molar-refractivity contribution is -0.128. The van der Waals surface area contributed by atoms with Crippen molar-refractivity contribution in [2.45, 2.75) is 12.5 Å². The lowest BCUT2D eigenvalue weighted by Crippen LogP contribution is -2.46. The van der Waals surface area contributed by atoms with Crippen LogP contribution in [0.25, 0.3) is 6.08 Å². The molecule has 0 aromatic carbocycles. The first-order valence-corrected chi connectivity index (χ1v) is 8.07. The van der Waals surface area contributed by atoms with Gasteiger partial charge in [-0.25, -0.2) is 0 Å². The zero-order valence-electron chi connectivity index (χ0n) is 12.1. The Balaban J connectivity index is 2.03. The third-order valence-corrected chi connectivity index (χ3v) is 4.43. The highest BCUT2D eigenvalue weighted by molar-refractivity contribution is 7.99. The highest BCUT2D eigenvalue weighted by Gasteiger charge is 2.24. The SMILES string of the molecule is CN(C)CC1CSCCCN1C(=O)/C=C/c1ccco1. The fraction of sp³-hybridized carbons (Fsp3) is 0.533. The van der Waals surface area contributed by atoms with Crippen LogP contribution in [0, 0.1) is 0 Å². The van der Waals surface area contributed by atoms with Crippen LogP contribution in [0.15, 0.2) is 28.9 Å². The Morgan fingerprint density at radius 3 is 3.15 bits per heavy atom. The van der Waals surface area contributed by atoms with Crippen molar-refractivity contribution in [3.05, 3.63) is 30.2 Å². The van der Waals surface area contributed by atoms with E-state index in [-0.39, 0.29) is 11.9 Å². The van der Waals surface area contributed by atoms with Crippen LogP contribution in [0.1, 0.15) is 12.2 Å². The Kier molecular flexibility index (Phi) is 5.73. The van der Waals surface area contributed by atoms with E-state index in [0.29, 0.717) is 5.76 Å². The molecule has 1 fully saturated rings. The van der Waals surface area contributed by atoms with Crippen molar-refractivity contribution in [3.8, 4) is 0 Å². The van der Waals surface area contributed by atoms with Gasteiger partial charge in [-0.2, -0.15) is 11.8 Å². The van der Waals surface area contributed by atoms with Crippen molar-refractivity contribution in [1.29, 1.82) is 0 Å². The number of hydrogen-bond donors (Lipinski definition) is 0. The molecule has 1 amide bonds. The highest BCUT2D eigenvalue weighted by atomic mass is 32.2. The van der Waals surface area contributed by atoms with Crippen LogP contribution < -0.4 is 0 Å². The molecule has 4 nitrogen and oxygen atoms in total. The lowest BCUT2D eigenvalue weighted by atomic mass is 10.2. The van der Waals surface area contributed by atoms with Crippen molar-refractivity contribution in [3.63, 3.8) is 0 Å². The number of amides is 1. The summed E-state index contributed by atoms with van der Waals surface area (Å²) in [4.78, 5) is 16.6. The molecule has 1 aliphatic heterocycles. The standard InChI is InChI=1S/C15H22N2O2S/c1-16(2)11-13-12-20-10-4-8-17(13)15(18)7-6-14-5-3-9-19-14/h3,5-7,9,13H,4,8,10-12H2,1-2H3/b7-6+. The lowest BCUT2D eigenvalue weighted by Gasteiger charge is -2.30. The minimum atomic E-state index is 0.0794. The molecule has 0 bridgehead atoms. The maximum absolute atomic E-state index is 12.4. The normalized spacial score (nSPS) is 20.6. The number of hydrogen-bond acceptors (Lipinski definition) is 4. The first kappa shape index (κ1) is 15.2. The zero-order chi connectivity index (χ0) is 14.4. The maximum Gasteiger partial charge on any atom is 0.247 e. The maximum atomic E-state index is 12.4. The quantitative estimate of drug-likeness (QED) is 0.798. The molecule has 0 radical (unpaired) electrons. The number of thioether (sulfide) groups is 1. The van der Waals surface area contributed by atoms with Crippen LogP contribution in [-0.2, 0) is 4.79 Å². The Labute approximate surface area is 124 Å². The minimum absolute atomic E-state index is 0.0794. The molecule has 0 aliphatic carbocycles. The van der Waals surface area contributed by atoms with Crippen LogP contribution in [-0.4, -0.2) is 60.4 Å². The van der Waals surface area contributed by atoms with Gasteiger partial charge in [-0.1, -0.05) is 0 Å². The van der Waals surface area contributed by atoms with Crippen molar-refractivity contribution in [2.75, 3.05) is 38.7 Å². The number of carbonyl (C=O) groups excluding carboxylic acids is 1. The van der Waals surface area contributed by atoms with Crippen molar-refractivity contribution in [2.24, 2.45) is 0 Å². The van der Waals surface area contributed by atoms with Gasteiger partial charge in [0.1, 0.15) is 5.76 Å². The number of furan rings is 1. The molecule has 1 aliphatic rings. The predicted octanol–water partition coefficient (Wildman–Crippen LogP) is 2.19. The fourth-order valence-electron chi connectivity index (χ4n) is 2.33. The van der Waals surface area contributed by atoms with Crippen LogP contribution in [0.4, 0.5) is 0 Å². The monoisotopic (exact) mass is 294 g/mol. The Morgan fingerprint density at radius 1 is 1.60 bits per heavy atom. The number of rotatable bonds is 4. The summed E-state index contributed by atoms with van der Waals surface area (Å²) in [5.74, 6) is 2.94. The summed E-state index contributed by atoms with van der Waals surface area (Å²) >= 11 is 1.94. The van der Waals surface area contributed by atoms with Gasteiger partial charge in [0, 0.05) is 24.9 Å². The fourth-order valence-corrected chi connectivity index (χ4v) is 3.38. The van der Waals surface area contributed by atoms with Crippen molar-refractivity contribution < 1.29 is 9.21 Å². The summed E-state index contributed by atoms with van der Waals surface area (Å²) in [6.45, 7) is 1.75. The molecule has 20 heavy (non-hydrogen) atoms. The third-order valence-electron chi connectivity index (χ3n) is 3.23. The van der Waals surface area contributed by atoms with Gasteiger partial charge in [-0.05, 0) is 44.5 Å². The van der Waals surface area contributed by atoms with Gasteiger partial charge in [0.15, 0.2) is 0 Å². The van der Waals surface area contributed by atoms with E-state index in [2.05, 4.69) is 19.0 Å². The van der Waals surface area contributed by atoms with Gasteiger partial charge in [-0.15, -0.1) is 0 Å². The summed E-state index contributed by atoms with van der Waals surface area (Å²) in [5, 5.41) is 0. The van der Waals surface area contributed by atoms with Crippen molar-refractivity contribution in [1.82, 2.24) is 9.80 Å². The molecule has 2 heterocycles. The molecule has 1 aromatic heterocycles. The van der Waals surface area contributed by atoms with E-state index < -0.39 is 0 Å². The highest BCUT2D eigenvalue weighted by Crippen LogP contribution is 2.17. The molecule has 1 aromatic rings. The van der Waals surface area contributed by atoms with E-state index in [1.807, 2.05) is 28.8 Å². The van der Waals surface area contributed by atoms with E-state index in [4.69, 9.17) is 4.42 Å². The van der Waals surface area contributed by atoms with Gasteiger partial charge in [0.05, 0.1) is 12.3 Å². The number of nitrogens with zero attached hydrogens (tertiary/aromatic N) is 2. The molecule has 0 N–H and O–H groups in total. The molecule has 110 valence electrons. The molecular weight excluding hydrogens is 272 g/mol. The Morgan fingerprint density at radius 2 is 2.45 bits per heavy atom. The summed E-state index contributed by atoms with van der Waals surface area (Å²) in [5.41, 5.74) is 0. The second-order valence-electron chi connectivity index (χ2n) is 5.22. The van der Waals surface area contributed by atoms with E-state index >= 15 is 0 Å². The van der Waals surface area contributed by atoms with Gasteiger partial charge in [-0.3, -0.25) is 4.79 Å². The predicted molar refractivity (Wildman–Crippen MR) is 83.7 cm³/mol. The van der Waals surface area contributed by atoms with E-state index in [1.165, 1.54) is 0 Å². The average molecular weight is 294 g/mol. The summed E-state index contributed by atoms with van der Waals surface area (Å²) in [7, 11) is 4.10. The summed E-state index contributed by atoms with van der Waals surface area (Å²) in [6.07, 6.45) is 6.04. The van der Waals surface area contributed by atoms with E-state index in [0.717, 1.165) is 31.0 Å². The molecule has 1 saturated heterocycles. The van der Waals surface area contributed by atoms with Crippen LogP contribution in [0.2, 0.25) is 0 Å². The van der Waals surface area contributed by atoms with Gasteiger partial charge >= 0.3 is 0 Å². The zero-order valence-corrected chi connectivity index (χ0v) is 12.9. The molecule has 1 atom stereocenters. The topological polar surface area (TPSA) is 36.7 Å². The number of carbonyl (C=O) groups is 1. The van der Waals surface area contributed by atoms with Gasteiger partial charge < -0.3 is 14.2 Å². The van der Waals surface area contributed by atoms with Crippen molar-refractivity contribution >= 4 is 23.7 Å². The Hall–Kier alpha value is -1.20.